The smallest absolute Gasteiger partial charge is 0.330 e. The number of carbonyl (C=O) groups excluding carboxylic acids is 2. The molecular formula is C10H12N6O5S. The lowest BCUT2D eigenvalue weighted by molar-refractivity contribution is -0.165. The van der Waals surface area contributed by atoms with E-state index in [2.05, 4.69) is 20.8 Å². The molecule has 0 aromatic carbocycles. The number of amides is 2. The average molecular weight is 328 g/mol. The Morgan fingerprint density at radius 3 is 2.86 bits per heavy atom. The third-order valence-corrected chi connectivity index (χ3v) is 4.91. The van der Waals surface area contributed by atoms with E-state index < -0.39 is 40.2 Å². The highest BCUT2D eigenvalue weighted by Crippen LogP contribution is 2.49. The Kier molecular flexibility index (Phi) is 3.29. The monoisotopic (exact) mass is 328 g/mol. The number of hydrogen-bond donors (Lipinski definition) is 3. The van der Waals surface area contributed by atoms with Crippen molar-refractivity contribution in [2.24, 2.45) is 0 Å². The molecule has 12 heteroatoms. The molecule has 0 saturated carbocycles. The Bertz CT molecular complexity index is 634. The molecule has 4 atom stereocenters. The predicted octanol–water partition coefficient (Wildman–Crippen LogP) is -2.77. The molecule has 2 amide bonds. The lowest BCUT2D eigenvalue weighted by Gasteiger charge is -2.43. The van der Waals surface area contributed by atoms with E-state index in [9.17, 15) is 19.5 Å². The number of aliphatic carboxylic acids is 1. The lowest BCUT2D eigenvalue weighted by atomic mass is 10.0. The largest absolute Gasteiger partial charge is 0.480 e. The summed E-state index contributed by atoms with van der Waals surface area (Å²) in [5.74, 6) is -2.30. The van der Waals surface area contributed by atoms with Crippen molar-refractivity contribution in [1.82, 2.24) is 30.4 Å². The number of aliphatic hydroxyl groups is 1. The molecule has 11 nitrogen and oxygen atoms in total. The van der Waals surface area contributed by atoms with Gasteiger partial charge >= 0.3 is 5.97 Å². The number of nitrogens with zero attached hydrogens (tertiary/aromatic N) is 5. The number of thioether (sulfide) groups is 1. The van der Waals surface area contributed by atoms with Crippen LogP contribution in [0.4, 0.5) is 0 Å². The van der Waals surface area contributed by atoms with Gasteiger partial charge < -0.3 is 20.4 Å². The Hall–Kier alpha value is -2.21. The van der Waals surface area contributed by atoms with E-state index in [1.54, 1.807) is 0 Å². The van der Waals surface area contributed by atoms with Crippen LogP contribution in [0, 0.1) is 0 Å². The first kappa shape index (κ1) is 14.7. The van der Waals surface area contributed by atoms with E-state index in [-0.39, 0.29) is 6.54 Å². The average Bonchev–Trinajstić information content (AvgIpc) is 3.00. The standard InChI is InChI=1S/C10H12N6O5S/c1-10(21)6(9(19)20)16-7(18)5(8(16)22-10)12-4(17)2-15-3-11-13-14-15/h3,5-6,8,21H,2H2,1H3,(H,12,17)(H,19,20)/t5-,6+,8-,10?/m1/s1. The SMILES string of the molecule is CC1(O)S[C@@H]2[C@H](NC(=O)Cn3cnnn3)C(=O)N2[C@H]1C(=O)O. The van der Waals surface area contributed by atoms with Crippen molar-refractivity contribution in [3.05, 3.63) is 6.33 Å². The summed E-state index contributed by atoms with van der Waals surface area (Å²) in [5, 5.41) is 31.5. The van der Waals surface area contributed by atoms with Crippen LogP contribution in [0.2, 0.25) is 0 Å². The zero-order chi connectivity index (χ0) is 16.1. The van der Waals surface area contributed by atoms with Gasteiger partial charge in [-0.15, -0.1) is 5.10 Å². The molecule has 2 saturated heterocycles. The fourth-order valence-electron chi connectivity index (χ4n) is 2.55. The van der Waals surface area contributed by atoms with E-state index in [0.717, 1.165) is 16.7 Å². The topological polar surface area (TPSA) is 151 Å². The molecule has 0 aliphatic carbocycles. The molecule has 0 bridgehead atoms. The summed E-state index contributed by atoms with van der Waals surface area (Å²) < 4.78 is 1.19. The molecule has 0 spiro atoms. The minimum Gasteiger partial charge on any atom is -0.480 e. The van der Waals surface area contributed by atoms with Gasteiger partial charge in [-0.05, 0) is 17.4 Å². The normalized spacial score (nSPS) is 33.3. The van der Waals surface area contributed by atoms with Crippen molar-refractivity contribution < 1.29 is 24.6 Å². The van der Waals surface area contributed by atoms with E-state index >= 15 is 0 Å². The van der Waals surface area contributed by atoms with Crippen LogP contribution >= 0.6 is 11.8 Å². The molecule has 2 aliphatic rings. The van der Waals surface area contributed by atoms with Gasteiger partial charge in [0.2, 0.25) is 11.8 Å². The zero-order valence-corrected chi connectivity index (χ0v) is 12.1. The second-order valence-electron chi connectivity index (χ2n) is 5.10. The summed E-state index contributed by atoms with van der Waals surface area (Å²) in [6, 6.07) is -2.20. The van der Waals surface area contributed by atoms with Gasteiger partial charge in [-0.25, -0.2) is 9.48 Å². The van der Waals surface area contributed by atoms with Crippen LogP contribution in [-0.4, -0.2) is 75.5 Å². The number of hydrogen-bond acceptors (Lipinski definition) is 8. The molecule has 0 radical (unpaired) electrons. The zero-order valence-electron chi connectivity index (χ0n) is 11.3. The van der Waals surface area contributed by atoms with Gasteiger partial charge in [0.1, 0.15) is 29.2 Å². The lowest BCUT2D eigenvalue weighted by Crippen LogP contribution is -2.70. The van der Waals surface area contributed by atoms with Crippen LogP contribution in [0.25, 0.3) is 0 Å². The molecule has 2 aliphatic heterocycles. The van der Waals surface area contributed by atoms with E-state index in [1.165, 1.54) is 17.9 Å². The van der Waals surface area contributed by atoms with Crippen LogP contribution in [0.15, 0.2) is 6.33 Å². The third kappa shape index (κ3) is 2.20. The minimum absolute atomic E-state index is 0.160. The van der Waals surface area contributed by atoms with Gasteiger partial charge in [-0.2, -0.15) is 0 Å². The molecule has 3 rings (SSSR count). The molecule has 118 valence electrons. The number of carboxylic acid groups (broad SMARTS) is 1. The van der Waals surface area contributed by atoms with Crippen LogP contribution in [0.5, 0.6) is 0 Å². The quantitative estimate of drug-likeness (QED) is 0.499. The van der Waals surface area contributed by atoms with Crippen LogP contribution in [0.3, 0.4) is 0 Å². The molecule has 1 unspecified atom stereocenters. The van der Waals surface area contributed by atoms with Crippen molar-refractivity contribution in [3.8, 4) is 0 Å². The van der Waals surface area contributed by atoms with Crippen LogP contribution in [0.1, 0.15) is 6.92 Å². The maximum atomic E-state index is 12.1. The Balaban J connectivity index is 1.67. The van der Waals surface area contributed by atoms with Gasteiger partial charge in [0.05, 0.1) is 0 Å². The van der Waals surface area contributed by atoms with E-state index in [0.29, 0.717) is 0 Å². The van der Waals surface area contributed by atoms with Crippen molar-refractivity contribution in [2.45, 2.75) is 35.9 Å². The van der Waals surface area contributed by atoms with Crippen molar-refractivity contribution in [3.63, 3.8) is 0 Å². The summed E-state index contributed by atoms with van der Waals surface area (Å²) in [7, 11) is 0. The number of aromatic nitrogens is 4. The third-order valence-electron chi connectivity index (χ3n) is 3.47. The molecule has 1 aromatic rings. The summed E-state index contributed by atoms with van der Waals surface area (Å²) in [6.45, 7) is 1.18. The molecule has 1 aromatic heterocycles. The van der Waals surface area contributed by atoms with Gasteiger partial charge in [-0.1, -0.05) is 11.8 Å². The molecular weight excluding hydrogens is 316 g/mol. The predicted molar refractivity (Wildman–Crippen MR) is 70.0 cm³/mol. The number of rotatable bonds is 4. The molecule has 22 heavy (non-hydrogen) atoms. The second kappa shape index (κ2) is 4.91. The van der Waals surface area contributed by atoms with Crippen molar-refractivity contribution in [1.29, 1.82) is 0 Å². The van der Waals surface area contributed by atoms with Crippen molar-refractivity contribution in [2.75, 3.05) is 0 Å². The summed E-state index contributed by atoms with van der Waals surface area (Å²) in [6.07, 6.45) is 1.25. The van der Waals surface area contributed by atoms with Gasteiger partial charge in [0.15, 0.2) is 6.04 Å². The minimum atomic E-state index is -1.61. The Morgan fingerprint density at radius 2 is 2.27 bits per heavy atom. The molecule has 3 heterocycles. The first-order chi connectivity index (χ1) is 10.3. The van der Waals surface area contributed by atoms with E-state index in [1.807, 2.05) is 0 Å². The summed E-state index contributed by atoms with van der Waals surface area (Å²) in [4.78, 5) is 34.6. The number of β-lactam (4-membered cyclic amide) rings is 1. The summed E-state index contributed by atoms with van der Waals surface area (Å²) >= 11 is 0.934. The first-order valence-corrected chi connectivity index (χ1v) is 7.14. The Morgan fingerprint density at radius 1 is 1.55 bits per heavy atom. The number of nitrogens with one attached hydrogen (secondary N) is 1. The highest BCUT2D eigenvalue weighted by molar-refractivity contribution is 8.01. The van der Waals surface area contributed by atoms with Gasteiger partial charge in [0, 0.05) is 0 Å². The van der Waals surface area contributed by atoms with Crippen molar-refractivity contribution >= 4 is 29.5 Å². The van der Waals surface area contributed by atoms with Crippen LogP contribution < -0.4 is 5.32 Å². The summed E-state index contributed by atoms with van der Waals surface area (Å²) in [5.41, 5.74) is 0. The maximum Gasteiger partial charge on any atom is 0.330 e. The number of carboxylic acids is 1. The van der Waals surface area contributed by atoms with Gasteiger partial charge in [0.25, 0.3) is 0 Å². The Labute approximate surface area is 127 Å². The molecule has 3 N–H and O–H groups in total. The fraction of sp³-hybridized carbons (Fsp3) is 0.600. The van der Waals surface area contributed by atoms with E-state index in [4.69, 9.17) is 5.11 Å². The number of fused-ring (bicyclic) bond motifs is 1. The number of tetrazole rings is 1. The number of carbonyl (C=O) groups is 3. The second-order valence-corrected chi connectivity index (χ2v) is 6.65. The first-order valence-electron chi connectivity index (χ1n) is 6.26. The molecule has 2 fully saturated rings. The van der Waals surface area contributed by atoms with Gasteiger partial charge in [-0.3, -0.25) is 9.59 Å². The highest BCUT2D eigenvalue weighted by Gasteiger charge is 2.65. The highest BCUT2D eigenvalue weighted by atomic mass is 32.2. The van der Waals surface area contributed by atoms with Crippen LogP contribution in [-0.2, 0) is 20.9 Å². The maximum absolute atomic E-state index is 12.1. The fourth-order valence-corrected chi connectivity index (χ4v) is 4.04.